The maximum Gasteiger partial charge on any atom is 0.333 e. The first-order valence-corrected chi connectivity index (χ1v) is 16.7. The molecule has 13 heteroatoms. The molecule has 246 valence electrons. The number of carbonyl (C=O) groups is 4. The number of carboxylic acids is 1. The molecule has 0 atom stereocenters. The summed E-state index contributed by atoms with van der Waals surface area (Å²) in [6.45, 7) is 11.4. The van der Waals surface area contributed by atoms with E-state index in [1.165, 1.54) is 6.08 Å². The lowest BCUT2D eigenvalue weighted by molar-refractivity contribution is -0.138. The van der Waals surface area contributed by atoms with Crippen molar-refractivity contribution in [1.29, 1.82) is 0 Å². The molecule has 1 fully saturated rings. The van der Waals surface area contributed by atoms with Crippen LogP contribution in [0.4, 0.5) is 10.5 Å². The third-order valence-corrected chi connectivity index (χ3v) is 8.47. The minimum atomic E-state index is -4.34. The SMILES string of the molecule is CCN(CC)c1ccc2c(c1)C(=CC=C1C(=O)N(CCCCCC(=O)O)C(=O)N(CCCS(=O)(=O)O)C1=O)C(C(C)(C)C)=CO2. The zero-order valence-corrected chi connectivity index (χ0v) is 27.4. The van der Waals surface area contributed by atoms with Gasteiger partial charge in [0.15, 0.2) is 0 Å². The molecule has 1 aromatic rings. The average Bonchev–Trinajstić information content (AvgIpc) is 2.95. The van der Waals surface area contributed by atoms with Crippen molar-refractivity contribution in [1.82, 2.24) is 9.80 Å². The van der Waals surface area contributed by atoms with Crippen molar-refractivity contribution < 1.29 is 42.0 Å². The second kappa shape index (κ2) is 14.9. The number of aliphatic carboxylic acids is 1. The van der Waals surface area contributed by atoms with Gasteiger partial charge in [-0.3, -0.25) is 28.7 Å². The van der Waals surface area contributed by atoms with Crippen LogP contribution in [-0.2, 0) is 24.5 Å². The molecule has 2 N–H and O–H groups in total. The molecule has 45 heavy (non-hydrogen) atoms. The first kappa shape index (κ1) is 35.5. The maximum atomic E-state index is 13.6. The maximum absolute atomic E-state index is 13.6. The molecule has 0 unspecified atom stereocenters. The molecular formula is C32H43N3O9S. The van der Waals surface area contributed by atoms with Gasteiger partial charge < -0.3 is 14.7 Å². The summed E-state index contributed by atoms with van der Waals surface area (Å²) in [7, 11) is -4.34. The molecule has 0 spiro atoms. The van der Waals surface area contributed by atoms with Crippen LogP contribution in [0.25, 0.3) is 5.57 Å². The molecule has 0 aliphatic carbocycles. The molecule has 2 heterocycles. The second-order valence-corrected chi connectivity index (χ2v) is 13.5. The van der Waals surface area contributed by atoms with Crippen LogP contribution in [0.1, 0.15) is 72.3 Å². The van der Waals surface area contributed by atoms with Crippen LogP contribution < -0.4 is 9.64 Å². The molecule has 3 rings (SSSR count). The Kier molecular flexibility index (Phi) is 11.7. The Morgan fingerprint density at radius 2 is 1.53 bits per heavy atom. The van der Waals surface area contributed by atoms with Crippen molar-refractivity contribution in [3.05, 3.63) is 53.3 Å². The van der Waals surface area contributed by atoms with Gasteiger partial charge in [-0.25, -0.2) is 4.79 Å². The summed E-state index contributed by atoms with van der Waals surface area (Å²) in [4.78, 5) is 55.2. The van der Waals surface area contributed by atoms with Crippen molar-refractivity contribution >= 4 is 45.2 Å². The smallest absolute Gasteiger partial charge is 0.333 e. The summed E-state index contributed by atoms with van der Waals surface area (Å²) < 4.78 is 37.7. The lowest BCUT2D eigenvalue weighted by Crippen LogP contribution is -2.56. The fourth-order valence-corrected chi connectivity index (χ4v) is 5.74. The summed E-state index contributed by atoms with van der Waals surface area (Å²) >= 11 is 0. The van der Waals surface area contributed by atoms with E-state index in [0.717, 1.165) is 45.3 Å². The van der Waals surface area contributed by atoms with E-state index in [2.05, 4.69) is 18.7 Å². The van der Waals surface area contributed by atoms with Crippen molar-refractivity contribution in [3.8, 4) is 5.75 Å². The van der Waals surface area contributed by atoms with Crippen LogP contribution >= 0.6 is 0 Å². The number of nitrogens with zero attached hydrogens (tertiary/aromatic N) is 3. The van der Waals surface area contributed by atoms with Gasteiger partial charge in [0.25, 0.3) is 21.9 Å². The molecule has 1 aromatic carbocycles. The van der Waals surface area contributed by atoms with Gasteiger partial charge >= 0.3 is 12.0 Å². The van der Waals surface area contributed by atoms with E-state index < -0.39 is 39.7 Å². The van der Waals surface area contributed by atoms with Crippen LogP contribution in [-0.4, -0.2) is 83.6 Å². The van der Waals surface area contributed by atoms with E-state index in [1.54, 1.807) is 12.3 Å². The van der Waals surface area contributed by atoms with Gasteiger partial charge in [-0.05, 0) is 68.4 Å². The number of imide groups is 2. The zero-order valence-electron chi connectivity index (χ0n) is 26.5. The Morgan fingerprint density at radius 3 is 2.09 bits per heavy atom. The van der Waals surface area contributed by atoms with Crippen LogP contribution in [0.3, 0.4) is 0 Å². The minimum Gasteiger partial charge on any atom is -0.481 e. The molecule has 1 saturated heterocycles. The van der Waals surface area contributed by atoms with Crippen molar-refractivity contribution in [3.63, 3.8) is 0 Å². The number of carboxylic acid groups (broad SMARTS) is 1. The lowest BCUT2D eigenvalue weighted by atomic mass is 9.79. The minimum absolute atomic E-state index is 0.0499. The highest BCUT2D eigenvalue weighted by Gasteiger charge is 2.41. The second-order valence-electron chi connectivity index (χ2n) is 12.0. The van der Waals surface area contributed by atoms with Gasteiger partial charge in [0.05, 0.1) is 12.0 Å². The number of benzene rings is 1. The Hall–Kier alpha value is -3.97. The van der Waals surface area contributed by atoms with Crippen LogP contribution in [0.5, 0.6) is 5.75 Å². The van der Waals surface area contributed by atoms with Crippen LogP contribution in [0.2, 0.25) is 0 Å². The number of amides is 4. The number of hydrogen-bond donors (Lipinski definition) is 2. The normalized spacial score (nSPS) is 17.5. The first-order valence-electron chi connectivity index (χ1n) is 15.1. The molecular weight excluding hydrogens is 602 g/mol. The van der Waals surface area contributed by atoms with E-state index >= 15 is 0 Å². The summed E-state index contributed by atoms with van der Waals surface area (Å²) in [5.41, 5.74) is 2.66. The number of ether oxygens (including phenoxy) is 1. The Labute approximate surface area is 264 Å². The number of hydrogen-bond acceptors (Lipinski definition) is 8. The van der Waals surface area contributed by atoms with Crippen LogP contribution in [0.15, 0.2) is 47.8 Å². The molecule has 0 aromatic heterocycles. The largest absolute Gasteiger partial charge is 0.481 e. The van der Waals surface area contributed by atoms with Crippen molar-refractivity contribution in [2.45, 2.75) is 66.7 Å². The fourth-order valence-electron chi connectivity index (χ4n) is 5.24. The van der Waals surface area contributed by atoms with Crippen LogP contribution in [0, 0.1) is 5.41 Å². The third kappa shape index (κ3) is 9.04. The highest BCUT2D eigenvalue weighted by Crippen LogP contribution is 2.44. The molecule has 2 aliphatic heterocycles. The predicted molar refractivity (Wildman–Crippen MR) is 170 cm³/mol. The number of barbiturate groups is 1. The molecule has 12 nitrogen and oxygen atoms in total. The number of urea groups is 1. The van der Waals surface area contributed by atoms with E-state index in [0.29, 0.717) is 25.0 Å². The number of anilines is 1. The number of unbranched alkanes of at least 4 members (excludes halogenated alkanes) is 2. The zero-order chi connectivity index (χ0) is 33.5. The number of fused-ring (bicyclic) bond motifs is 1. The Balaban J connectivity index is 2.07. The Morgan fingerprint density at radius 1 is 0.933 bits per heavy atom. The van der Waals surface area contributed by atoms with Gasteiger partial charge in [0, 0.05) is 49.4 Å². The monoisotopic (exact) mass is 645 g/mol. The average molecular weight is 646 g/mol. The van der Waals surface area contributed by atoms with Gasteiger partial charge in [-0.1, -0.05) is 33.3 Å². The summed E-state index contributed by atoms with van der Waals surface area (Å²) in [6.07, 6.45) is 5.56. The van der Waals surface area contributed by atoms with Gasteiger partial charge in [-0.2, -0.15) is 8.42 Å². The number of allylic oxidation sites excluding steroid dienone is 4. The molecule has 0 radical (unpaired) electrons. The van der Waals surface area contributed by atoms with Gasteiger partial charge in [-0.15, -0.1) is 0 Å². The molecule has 2 aliphatic rings. The highest BCUT2D eigenvalue weighted by atomic mass is 32.2. The summed E-state index contributed by atoms with van der Waals surface area (Å²) in [5.74, 6) is -2.67. The number of rotatable bonds is 14. The van der Waals surface area contributed by atoms with Gasteiger partial charge in [0.1, 0.15) is 11.3 Å². The predicted octanol–water partition coefficient (Wildman–Crippen LogP) is 4.88. The highest BCUT2D eigenvalue weighted by molar-refractivity contribution is 7.85. The number of carbonyl (C=O) groups excluding carboxylic acids is 3. The van der Waals surface area contributed by atoms with Crippen molar-refractivity contribution in [2.24, 2.45) is 5.41 Å². The van der Waals surface area contributed by atoms with Crippen molar-refractivity contribution in [2.75, 3.05) is 36.8 Å². The topological polar surface area (TPSA) is 162 Å². The van der Waals surface area contributed by atoms with Gasteiger partial charge in [0.2, 0.25) is 0 Å². The molecule has 4 amide bonds. The third-order valence-electron chi connectivity index (χ3n) is 7.67. The summed E-state index contributed by atoms with van der Waals surface area (Å²) in [5, 5.41) is 8.90. The standard InChI is InChI=1S/C32H43N3O9S/c1-6-33(7-2)22-13-16-27-25(20-22)23(26(21-44-27)32(3,4)5)14-15-24-29(38)34(17-10-8-9-12-28(36)37)31(40)35(30(24)39)18-11-19-45(41,42)43/h13-16,20-21H,6-12,17-19H2,1-5H3,(H,36,37)(H,41,42,43). The van der Waals surface area contributed by atoms with E-state index in [-0.39, 0.29) is 36.9 Å². The Bertz CT molecular complexity index is 1520. The quantitative estimate of drug-likeness (QED) is 0.123. The first-order chi connectivity index (χ1) is 21.1. The molecule has 0 saturated carbocycles. The lowest BCUT2D eigenvalue weighted by Gasteiger charge is -2.34. The fraction of sp³-hybridized carbons (Fsp3) is 0.500. The summed E-state index contributed by atoms with van der Waals surface area (Å²) in [6, 6.07) is 4.96. The van der Waals surface area contributed by atoms with E-state index in [9.17, 15) is 27.6 Å². The van der Waals surface area contributed by atoms with E-state index in [1.807, 2.05) is 39.0 Å². The molecule has 0 bridgehead atoms. The van der Waals surface area contributed by atoms with E-state index in [4.69, 9.17) is 14.4 Å².